The monoisotopic (exact) mass is 206 g/mol. The Morgan fingerprint density at radius 3 is 2.85 bits per heavy atom. The van der Waals surface area contributed by atoms with Crippen LogP contribution in [0.3, 0.4) is 0 Å². The van der Waals surface area contributed by atoms with E-state index in [1.54, 1.807) is 24.0 Å². The normalized spacial score (nSPS) is 11.8. The second-order valence-corrected chi connectivity index (χ2v) is 3.54. The predicted molar refractivity (Wildman–Crippen MR) is 44.4 cm³/mol. The lowest BCUT2D eigenvalue weighted by molar-refractivity contribution is 0.270. The van der Waals surface area contributed by atoms with E-state index in [-0.39, 0.29) is 6.61 Å². The summed E-state index contributed by atoms with van der Waals surface area (Å²) in [6.07, 6.45) is 1.99. The minimum absolute atomic E-state index is 0.0850. The molecule has 1 aromatic rings. The Balaban J connectivity index is 2.41. The van der Waals surface area contributed by atoms with Crippen LogP contribution in [0.25, 0.3) is 0 Å². The van der Waals surface area contributed by atoms with Gasteiger partial charge in [0.05, 0.1) is 6.61 Å². The first kappa shape index (κ1) is 10.2. The average molecular weight is 206 g/mol. The van der Waals surface area contributed by atoms with Crippen molar-refractivity contribution < 1.29 is 17.2 Å². The number of hydrogen-bond donors (Lipinski definition) is 1. The van der Waals surface area contributed by atoms with E-state index in [0.29, 0.717) is 6.42 Å². The summed E-state index contributed by atoms with van der Waals surface area (Å²) >= 11 is 0. The lowest BCUT2D eigenvalue weighted by atomic mass is 10.3. The van der Waals surface area contributed by atoms with Crippen LogP contribution in [0.1, 0.15) is 5.69 Å². The highest BCUT2D eigenvalue weighted by molar-refractivity contribution is 7.80. The predicted octanol–water partition coefficient (Wildman–Crippen LogP) is -0.218. The fourth-order valence-corrected chi connectivity index (χ4v) is 1.19. The Labute approximate surface area is 76.1 Å². The number of aryl methyl sites for hydroxylation is 1. The fraction of sp³-hybridized carbons (Fsp3) is 0.500. The molecule has 1 rings (SSSR count). The van der Waals surface area contributed by atoms with Crippen LogP contribution in [0.4, 0.5) is 0 Å². The largest absolute Gasteiger partial charge is 0.397 e. The molecular formula is C6H10N2O4S. The Morgan fingerprint density at radius 2 is 2.38 bits per heavy atom. The maximum absolute atomic E-state index is 10.2. The molecule has 0 atom stereocenters. The van der Waals surface area contributed by atoms with Gasteiger partial charge in [-0.15, -0.1) is 0 Å². The zero-order chi connectivity index (χ0) is 9.90. The quantitative estimate of drug-likeness (QED) is 0.689. The standard InChI is InChI=1S/C6H10N2O4S/c1-8-6(2-4-7-8)3-5-12-13(9,10)11/h2,4H,3,5H2,1H3,(H,9,10,11). The van der Waals surface area contributed by atoms with Crippen LogP contribution in [0.15, 0.2) is 12.3 Å². The summed E-state index contributed by atoms with van der Waals surface area (Å²) in [4.78, 5) is 0. The van der Waals surface area contributed by atoms with E-state index in [0.717, 1.165) is 5.69 Å². The summed E-state index contributed by atoms with van der Waals surface area (Å²) in [6, 6.07) is 1.74. The van der Waals surface area contributed by atoms with Crippen LogP contribution >= 0.6 is 0 Å². The fourth-order valence-electron chi connectivity index (χ4n) is 0.898. The van der Waals surface area contributed by atoms with Crippen molar-refractivity contribution in [1.29, 1.82) is 0 Å². The molecular weight excluding hydrogens is 196 g/mol. The van der Waals surface area contributed by atoms with E-state index in [9.17, 15) is 8.42 Å². The molecule has 0 saturated heterocycles. The van der Waals surface area contributed by atoms with Gasteiger partial charge in [-0.3, -0.25) is 9.23 Å². The molecule has 1 aromatic heterocycles. The molecule has 13 heavy (non-hydrogen) atoms. The van der Waals surface area contributed by atoms with Crippen molar-refractivity contribution in [3.8, 4) is 0 Å². The Morgan fingerprint density at radius 1 is 1.69 bits per heavy atom. The first-order valence-corrected chi connectivity index (χ1v) is 4.94. The van der Waals surface area contributed by atoms with E-state index in [2.05, 4.69) is 9.28 Å². The van der Waals surface area contributed by atoms with Crippen LogP contribution in [0.5, 0.6) is 0 Å². The van der Waals surface area contributed by atoms with Crippen LogP contribution in [0.2, 0.25) is 0 Å². The topological polar surface area (TPSA) is 81.4 Å². The molecule has 0 unspecified atom stereocenters. The molecule has 0 amide bonds. The molecule has 1 N–H and O–H groups in total. The molecule has 0 aromatic carbocycles. The van der Waals surface area contributed by atoms with Crippen LogP contribution in [-0.2, 0) is 28.1 Å². The molecule has 7 heteroatoms. The summed E-state index contributed by atoms with van der Waals surface area (Å²) in [5, 5.41) is 3.88. The SMILES string of the molecule is Cn1nccc1CCOS(=O)(=O)O. The van der Waals surface area contributed by atoms with Gasteiger partial charge in [-0.2, -0.15) is 13.5 Å². The minimum Gasteiger partial charge on any atom is -0.273 e. The average Bonchev–Trinajstić information content (AvgIpc) is 2.34. The highest BCUT2D eigenvalue weighted by Crippen LogP contribution is 1.98. The van der Waals surface area contributed by atoms with Gasteiger partial charge in [-0.25, -0.2) is 4.18 Å². The van der Waals surface area contributed by atoms with Crippen LogP contribution in [0, 0.1) is 0 Å². The molecule has 0 radical (unpaired) electrons. The zero-order valence-electron chi connectivity index (χ0n) is 7.04. The number of rotatable bonds is 4. The minimum atomic E-state index is -4.32. The second kappa shape index (κ2) is 3.86. The van der Waals surface area contributed by atoms with Gasteiger partial charge in [0.1, 0.15) is 0 Å². The van der Waals surface area contributed by atoms with Gasteiger partial charge in [0.25, 0.3) is 0 Å². The molecule has 6 nitrogen and oxygen atoms in total. The lowest BCUT2D eigenvalue weighted by Crippen LogP contribution is -2.09. The molecule has 0 aliphatic heterocycles. The van der Waals surface area contributed by atoms with Gasteiger partial charge in [-0.05, 0) is 6.07 Å². The van der Waals surface area contributed by atoms with Gasteiger partial charge in [0.2, 0.25) is 0 Å². The third-order valence-corrected chi connectivity index (χ3v) is 1.98. The second-order valence-electron chi connectivity index (χ2n) is 2.45. The van der Waals surface area contributed by atoms with E-state index in [1.165, 1.54) is 0 Å². The smallest absolute Gasteiger partial charge is 0.273 e. The summed E-state index contributed by atoms with van der Waals surface area (Å²) in [7, 11) is -2.58. The molecule has 0 fully saturated rings. The van der Waals surface area contributed by atoms with Gasteiger partial charge in [0.15, 0.2) is 0 Å². The zero-order valence-corrected chi connectivity index (χ0v) is 7.86. The van der Waals surface area contributed by atoms with Crippen molar-refractivity contribution in [2.24, 2.45) is 7.05 Å². The van der Waals surface area contributed by atoms with Crippen molar-refractivity contribution >= 4 is 10.4 Å². The van der Waals surface area contributed by atoms with E-state index < -0.39 is 10.4 Å². The first-order chi connectivity index (χ1) is 5.99. The van der Waals surface area contributed by atoms with Crippen molar-refractivity contribution in [3.05, 3.63) is 18.0 Å². The summed E-state index contributed by atoms with van der Waals surface area (Å²) in [5.74, 6) is 0. The highest BCUT2D eigenvalue weighted by atomic mass is 32.3. The van der Waals surface area contributed by atoms with Gasteiger partial charge < -0.3 is 0 Å². The molecule has 0 aliphatic carbocycles. The molecule has 1 heterocycles. The van der Waals surface area contributed by atoms with Crippen molar-refractivity contribution in [2.75, 3.05) is 6.61 Å². The lowest BCUT2D eigenvalue weighted by Gasteiger charge is -2.00. The molecule has 0 spiro atoms. The first-order valence-electron chi connectivity index (χ1n) is 3.58. The van der Waals surface area contributed by atoms with Gasteiger partial charge >= 0.3 is 10.4 Å². The maximum Gasteiger partial charge on any atom is 0.397 e. The highest BCUT2D eigenvalue weighted by Gasteiger charge is 2.05. The third kappa shape index (κ3) is 3.53. The summed E-state index contributed by atoms with van der Waals surface area (Å²) in [5.41, 5.74) is 0.837. The number of nitrogens with zero attached hydrogens (tertiary/aromatic N) is 2. The Hall–Kier alpha value is -0.920. The summed E-state index contributed by atoms with van der Waals surface area (Å²) < 4.78 is 34.3. The molecule has 0 bridgehead atoms. The third-order valence-electron chi connectivity index (χ3n) is 1.51. The van der Waals surface area contributed by atoms with Crippen LogP contribution < -0.4 is 0 Å². The van der Waals surface area contributed by atoms with Gasteiger partial charge in [-0.1, -0.05) is 0 Å². The Bertz CT molecular complexity index is 370. The van der Waals surface area contributed by atoms with E-state index in [4.69, 9.17) is 4.55 Å². The molecule has 0 aliphatic rings. The van der Waals surface area contributed by atoms with E-state index in [1.807, 2.05) is 0 Å². The molecule has 0 saturated carbocycles. The Kier molecular flexibility index (Phi) is 3.02. The number of hydrogen-bond acceptors (Lipinski definition) is 4. The summed E-state index contributed by atoms with van der Waals surface area (Å²) in [6.45, 7) is -0.0850. The van der Waals surface area contributed by atoms with Crippen molar-refractivity contribution in [3.63, 3.8) is 0 Å². The molecule has 74 valence electrons. The van der Waals surface area contributed by atoms with Gasteiger partial charge in [0, 0.05) is 25.4 Å². The van der Waals surface area contributed by atoms with Crippen molar-refractivity contribution in [1.82, 2.24) is 9.78 Å². The van der Waals surface area contributed by atoms with Crippen molar-refractivity contribution in [2.45, 2.75) is 6.42 Å². The van der Waals surface area contributed by atoms with Crippen LogP contribution in [-0.4, -0.2) is 29.4 Å². The van der Waals surface area contributed by atoms with E-state index >= 15 is 0 Å². The maximum atomic E-state index is 10.2. The number of aromatic nitrogens is 2.